The Balaban J connectivity index is 1.62. The molecule has 2 N–H and O–H groups in total. The first-order chi connectivity index (χ1) is 7.28. The van der Waals surface area contributed by atoms with Crippen LogP contribution < -0.4 is 5.73 Å². The zero-order valence-electron chi connectivity index (χ0n) is 9.69. The Hall–Kier alpha value is -0.160. The second-order valence-electron chi connectivity index (χ2n) is 4.91. The fourth-order valence-corrected chi connectivity index (χ4v) is 2.50. The normalized spacial score (nSPS) is 30.4. The van der Waals surface area contributed by atoms with E-state index in [4.69, 9.17) is 10.5 Å². The first kappa shape index (κ1) is 11.3. The highest BCUT2D eigenvalue weighted by atomic mass is 16.5. The van der Waals surface area contributed by atoms with E-state index in [9.17, 15) is 0 Å². The predicted molar refractivity (Wildman–Crippen MR) is 60.8 cm³/mol. The molecule has 2 rings (SSSR count). The van der Waals surface area contributed by atoms with Crippen molar-refractivity contribution in [3.05, 3.63) is 0 Å². The SMILES string of the molecule is CN1CC(CCN2CCOC(CN)C2)C1. The number of rotatable bonds is 4. The van der Waals surface area contributed by atoms with Gasteiger partial charge < -0.3 is 15.4 Å². The number of likely N-dealkylation sites (tertiary alicyclic amines) is 1. The minimum atomic E-state index is 0.266. The van der Waals surface area contributed by atoms with Crippen molar-refractivity contribution in [1.82, 2.24) is 9.80 Å². The summed E-state index contributed by atoms with van der Waals surface area (Å²) in [5, 5.41) is 0. The zero-order chi connectivity index (χ0) is 10.7. The molecule has 0 aromatic heterocycles. The minimum Gasteiger partial charge on any atom is -0.374 e. The molecule has 2 aliphatic rings. The molecule has 2 fully saturated rings. The van der Waals surface area contributed by atoms with Gasteiger partial charge in [0.15, 0.2) is 0 Å². The zero-order valence-corrected chi connectivity index (χ0v) is 9.69. The van der Waals surface area contributed by atoms with E-state index in [1.807, 2.05) is 0 Å². The van der Waals surface area contributed by atoms with E-state index in [0.717, 1.165) is 25.6 Å². The van der Waals surface area contributed by atoms with Crippen LogP contribution in [0.2, 0.25) is 0 Å². The smallest absolute Gasteiger partial charge is 0.0824 e. The molecule has 0 aliphatic carbocycles. The molecule has 1 unspecified atom stereocenters. The fourth-order valence-electron chi connectivity index (χ4n) is 2.50. The second-order valence-corrected chi connectivity index (χ2v) is 4.91. The van der Waals surface area contributed by atoms with E-state index in [1.165, 1.54) is 26.1 Å². The number of ether oxygens (including phenoxy) is 1. The van der Waals surface area contributed by atoms with Crippen LogP contribution in [-0.4, -0.2) is 68.8 Å². The summed E-state index contributed by atoms with van der Waals surface area (Å²) in [7, 11) is 2.19. The first-order valence-corrected chi connectivity index (χ1v) is 6.00. The molecule has 4 nitrogen and oxygen atoms in total. The summed E-state index contributed by atoms with van der Waals surface area (Å²) in [5.41, 5.74) is 5.62. The summed E-state index contributed by atoms with van der Waals surface area (Å²) in [6.45, 7) is 7.40. The Kier molecular flexibility index (Phi) is 3.97. The summed E-state index contributed by atoms with van der Waals surface area (Å²) >= 11 is 0. The van der Waals surface area contributed by atoms with Crippen LogP contribution in [0.15, 0.2) is 0 Å². The quantitative estimate of drug-likeness (QED) is 0.690. The van der Waals surface area contributed by atoms with Gasteiger partial charge >= 0.3 is 0 Å². The first-order valence-electron chi connectivity index (χ1n) is 6.00. The van der Waals surface area contributed by atoms with Crippen LogP contribution in [0.25, 0.3) is 0 Å². The second kappa shape index (κ2) is 5.25. The molecule has 4 heteroatoms. The van der Waals surface area contributed by atoms with E-state index < -0.39 is 0 Å². The van der Waals surface area contributed by atoms with Gasteiger partial charge in [0.1, 0.15) is 0 Å². The summed E-state index contributed by atoms with van der Waals surface area (Å²) in [5.74, 6) is 0.925. The van der Waals surface area contributed by atoms with Crippen molar-refractivity contribution < 1.29 is 4.74 Å². The molecule has 15 heavy (non-hydrogen) atoms. The van der Waals surface area contributed by atoms with Crippen molar-refractivity contribution in [2.75, 3.05) is 52.9 Å². The molecule has 0 amide bonds. The molecule has 2 saturated heterocycles. The van der Waals surface area contributed by atoms with Crippen molar-refractivity contribution in [3.8, 4) is 0 Å². The highest BCUT2D eigenvalue weighted by Crippen LogP contribution is 2.17. The highest BCUT2D eigenvalue weighted by molar-refractivity contribution is 4.79. The van der Waals surface area contributed by atoms with Crippen molar-refractivity contribution in [1.29, 1.82) is 0 Å². The molecular weight excluding hydrogens is 190 g/mol. The van der Waals surface area contributed by atoms with Gasteiger partial charge in [-0.15, -0.1) is 0 Å². The Morgan fingerprint density at radius 3 is 2.80 bits per heavy atom. The maximum absolute atomic E-state index is 5.62. The van der Waals surface area contributed by atoms with Gasteiger partial charge in [0.2, 0.25) is 0 Å². The van der Waals surface area contributed by atoms with E-state index in [1.54, 1.807) is 0 Å². The monoisotopic (exact) mass is 213 g/mol. The molecule has 2 aliphatic heterocycles. The van der Waals surface area contributed by atoms with Crippen molar-refractivity contribution >= 4 is 0 Å². The van der Waals surface area contributed by atoms with Crippen molar-refractivity contribution in [2.45, 2.75) is 12.5 Å². The summed E-state index contributed by atoms with van der Waals surface area (Å²) in [4.78, 5) is 4.88. The Morgan fingerprint density at radius 2 is 2.13 bits per heavy atom. The van der Waals surface area contributed by atoms with Crippen molar-refractivity contribution in [3.63, 3.8) is 0 Å². The maximum Gasteiger partial charge on any atom is 0.0824 e. The van der Waals surface area contributed by atoms with Crippen LogP contribution in [0.1, 0.15) is 6.42 Å². The minimum absolute atomic E-state index is 0.266. The Labute approximate surface area is 92.4 Å². The molecule has 0 radical (unpaired) electrons. The number of nitrogens with zero attached hydrogens (tertiary/aromatic N) is 2. The average molecular weight is 213 g/mol. The molecule has 88 valence electrons. The summed E-state index contributed by atoms with van der Waals surface area (Å²) in [6.07, 6.45) is 1.60. The molecule has 0 aromatic carbocycles. The van der Waals surface area contributed by atoms with Gasteiger partial charge in [-0.2, -0.15) is 0 Å². The van der Waals surface area contributed by atoms with Gasteiger partial charge in [-0.05, 0) is 25.9 Å². The van der Waals surface area contributed by atoms with Crippen molar-refractivity contribution in [2.24, 2.45) is 11.7 Å². The predicted octanol–water partition coefficient (Wildman–Crippen LogP) is -0.402. The number of hydrogen-bond donors (Lipinski definition) is 1. The van der Waals surface area contributed by atoms with Gasteiger partial charge in [0.25, 0.3) is 0 Å². The van der Waals surface area contributed by atoms with Gasteiger partial charge in [-0.3, -0.25) is 4.90 Å². The van der Waals surface area contributed by atoms with E-state index in [-0.39, 0.29) is 6.10 Å². The van der Waals surface area contributed by atoms with Crippen LogP contribution in [0.5, 0.6) is 0 Å². The third-order valence-corrected chi connectivity index (χ3v) is 3.48. The lowest BCUT2D eigenvalue weighted by Crippen LogP contribution is -2.48. The van der Waals surface area contributed by atoms with Gasteiger partial charge in [0, 0.05) is 32.7 Å². The van der Waals surface area contributed by atoms with E-state index in [0.29, 0.717) is 6.54 Å². The topological polar surface area (TPSA) is 41.7 Å². The number of morpholine rings is 1. The molecule has 0 aromatic rings. The Morgan fingerprint density at radius 1 is 1.33 bits per heavy atom. The largest absolute Gasteiger partial charge is 0.374 e. The molecule has 0 spiro atoms. The lowest BCUT2D eigenvalue weighted by atomic mass is 9.97. The third-order valence-electron chi connectivity index (χ3n) is 3.48. The van der Waals surface area contributed by atoms with E-state index in [2.05, 4.69) is 16.8 Å². The van der Waals surface area contributed by atoms with Crippen LogP contribution in [-0.2, 0) is 4.74 Å². The van der Waals surface area contributed by atoms with Gasteiger partial charge in [-0.25, -0.2) is 0 Å². The van der Waals surface area contributed by atoms with Crippen LogP contribution in [0.3, 0.4) is 0 Å². The van der Waals surface area contributed by atoms with Gasteiger partial charge in [0.05, 0.1) is 12.7 Å². The summed E-state index contributed by atoms with van der Waals surface area (Å²) in [6, 6.07) is 0. The lowest BCUT2D eigenvalue weighted by Gasteiger charge is -2.38. The lowest BCUT2D eigenvalue weighted by molar-refractivity contribution is -0.0270. The Bertz CT molecular complexity index is 194. The summed E-state index contributed by atoms with van der Waals surface area (Å²) < 4.78 is 5.55. The third kappa shape index (κ3) is 3.14. The molecule has 0 saturated carbocycles. The van der Waals surface area contributed by atoms with Crippen LogP contribution in [0, 0.1) is 5.92 Å². The van der Waals surface area contributed by atoms with Gasteiger partial charge in [-0.1, -0.05) is 0 Å². The van der Waals surface area contributed by atoms with E-state index >= 15 is 0 Å². The van der Waals surface area contributed by atoms with Crippen LogP contribution in [0.4, 0.5) is 0 Å². The average Bonchev–Trinajstić information content (AvgIpc) is 2.23. The molecule has 0 bridgehead atoms. The fraction of sp³-hybridized carbons (Fsp3) is 1.00. The molecule has 1 atom stereocenters. The number of hydrogen-bond acceptors (Lipinski definition) is 4. The molecular formula is C11H23N3O. The standard InChI is InChI=1S/C11H23N3O/c1-13-7-10(8-13)2-3-14-4-5-15-11(6-12)9-14/h10-11H,2-9,12H2,1H3. The maximum atomic E-state index is 5.62. The molecule has 2 heterocycles. The number of nitrogens with two attached hydrogens (primary N) is 1. The highest BCUT2D eigenvalue weighted by Gasteiger charge is 2.25. The van der Waals surface area contributed by atoms with Crippen LogP contribution >= 0.6 is 0 Å².